The van der Waals surface area contributed by atoms with E-state index in [9.17, 15) is 4.39 Å². The van der Waals surface area contributed by atoms with Crippen molar-refractivity contribution in [3.05, 3.63) is 11.8 Å². The largest absolute Gasteiger partial charge is 0.422 e. The number of halogens is 1. The van der Waals surface area contributed by atoms with Crippen molar-refractivity contribution in [3.8, 4) is 0 Å². The Bertz CT molecular complexity index is 201. The van der Waals surface area contributed by atoms with E-state index in [0.717, 1.165) is 0 Å². The molecule has 0 fully saturated rings. The lowest BCUT2D eigenvalue weighted by atomic mass is 10.4. The summed E-state index contributed by atoms with van der Waals surface area (Å²) in [4.78, 5) is 0. The SMILES string of the molecule is NCCc1nnc(CF)o1. The van der Waals surface area contributed by atoms with Crippen LogP contribution in [0.1, 0.15) is 11.8 Å². The highest BCUT2D eigenvalue weighted by Crippen LogP contribution is 2.00. The third kappa shape index (κ3) is 1.51. The van der Waals surface area contributed by atoms with Gasteiger partial charge in [0.25, 0.3) is 0 Å². The molecule has 0 aliphatic carbocycles. The summed E-state index contributed by atoms with van der Waals surface area (Å²) in [5.41, 5.74) is 5.19. The first kappa shape index (κ1) is 7.14. The number of nitrogens with zero attached hydrogens (tertiary/aromatic N) is 2. The van der Waals surface area contributed by atoms with E-state index in [-0.39, 0.29) is 5.89 Å². The van der Waals surface area contributed by atoms with Crippen molar-refractivity contribution < 1.29 is 8.81 Å². The summed E-state index contributed by atoms with van der Waals surface area (Å²) in [5, 5.41) is 6.95. The molecule has 2 N–H and O–H groups in total. The normalized spacial score (nSPS) is 10.2. The third-order valence-corrected chi connectivity index (χ3v) is 0.981. The standard InChI is InChI=1S/C5H8FN3O/c6-3-5-9-8-4(10-5)1-2-7/h1-3,7H2. The van der Waals surface area contributed by atoms with Crippen LogP contribution in [-0.4, -0.2) is 16.7 Å². The number of hydrogen-bond acceptors (Lipinski definition) is 4. The van der Waals surface area contributed by atoms with Gasteiger partial charge in [0.15, 0.2) is 6.67 Å². The molecule has 0 bridgehead atoms. The molecule has 1 rings (SSSR count). The topological polar surface area (TPSA) is 64.9 Å². The van der Waals surface area contributed by atoms with E-state index in [4.69, 9.17) is 10.2 Å². The summed E-state index contributed by atoms with van der Waals surface area (Å²) < 4.78 is 16.5. The molecule has 0 saturated heterocycles. The fourth-order valence-corrected chi connectivity index (χ4v) is 0.567. The lowest BCUT2D eigenvalue weighted by molar-refractivity contribution is 0.365. The lowest BCUT2D eigenvalue weighted by Gasteiger charge is -1.84. The van der Waals surface area contributed by atoms with Gasteiger partial charge in [-0.1, -0.05) is 0 Å². The second-order valence-corrected chi connectivity index (χ2v) is 1.76. The Kier molecular flexibility index (Phi) is 2.33. The minimum absolute atomic E-state index is 0.0171. The maximum Gasteiger partial charge on any atom is 0.247 e. The molecule has 0 amide bonds. The monoisotopic (exact) mass is 145 g/mol. The van der Waals surface area contributed by atoms with E-state index in [0.29, 0.717) is 18.9 Å². The van der Waals surface area contributed by atoms with Gasteiger partial charge in [0.2, 0.25) is 11.8 Å². The van der Waals surface area contributed by atoms with Crippen molar-refractivity contribution in [2.45, 2.75) is 13.1 Å². The molecule has 0 atom stereocenters. The smallest absolute Gasteiger partial charge is 0.247 e. The molecular formula is C5H8FN3O. The molecule has 0 aliphatic heterocycles. The average Bonchev–Trinajstić information content (AvgIpc) is 2.37. The first-order valence-electron chi connectivity index (χ1n) is 2.94. The molecule has 0 spiro atoms. The second-order valence-electron chi connectivity index (χ2n) is 1.76. The number of hydrogen-bond donors (Lipinski definition) is 1. The average molecular weight is 145 g/mol. The summed E-state index contributed by atoms with van der Waals surface area (Å²) in [6, 6.07) is 0. The molecule has 10 heavy (non-hydrogen) atoms. The first-order chi connectivity index (χ1) is 4.86. The van der Waals surface area contributed by atoms with Crippen molar-refractivity contribution in [2.24, 2.45) is 5.73 Å². The highest BCUT2D eigenvalue weighted by molar-refractivity contribution is 4.80. The highest BCUT2D eigenvalue weighted by atomic mass is 19.1. The Balaban J connectivity index is 2.59. The van der Waals surface area contributed by atoms with E-state index >= 15 is 0 Å². The maximum atomic E-state index is 11.8. The van der Waals surface area contributed by atoms with Crippen LogP contribution in [0.4, 0.5) is 4.39 Å². The molecule has 1 aromatic heterocycles. The van der Waals surface area contributed by atoms with E-state index < -0.39 is 6.67 Å². The van der Waals surface area contributed by atoms with Crippen LogP contribution in [0.5, 0.6) is 0 Å². The molecule has 0 unspecified atom stereocenters. The number of nitrogens with two attached hydrogens (primary N) is 1. The van der Waals surface area contributed by atoms with Gasteiger partial charge in [-0.05, 0) is 0 Å². The van der Waals surface area contributed by atoms with Crippen molar-refractivity contribution in [2.75, 3.05) is 6.54 Å². The fraction of sp³-hybridized carbons (Fsp3) is 0.600. The molecular weight excluding hydrogens is 137 g/mol. The summed E-state index contributed by atoms with van der Waals surface area (Å²) in [6.45, 7) is -0.272. The Labute approximate surface area is 57.2 Å². The van der Waals surface area contributed by atoms with Gasteiger partial charge >= 0.3 is 0 Å². The summed E-state index contributed by atoms with van der Waals surface area (Å²) in [5.74, 6) is 0.415. The van der Waals surface area contributed by atoms with Crippen molar-refractivity contribution >= 4 is 0 Å². The van der Waals surface area contributed by atoms with Gasteiger partial charge in [0.1, 0.15) is 0 Å². The van der Waals surface area contributed by atoms with Gasteiger partial charge in [0.05, 0.1) is 0 Å². The molecule has 1 aromatic rings. The number of alkyl halides is 1. The molecule has 1 heterocycles. The first-order valence-corrected chi connectivity index (χ1v) is 2.94. The van der Waals surface area contributed by atoms with Gasteiger partial charge in [-0.25, -0.2) is 4.39 Å². The van der Waals surface area contributed by atoms with Gasteiger partial charge in [-0.3, -0.25) is 0 Å². The van der Waals surface area contributed by atoms with Gasteiger partial charge < -0.3 is 10.2 Å². The number of rotatable bonds is 3. The fourth-order valence-electron chi connectivity index (χ4n) is 0.567. The van der Waals surface area contributed by atoms with Crippen LogP contribution in [0.2, 0.25) is 0 Å². The molecule has 0 saturated carbocycles. The van der Waals surface area contributed by atoms with Crippen LogP contribution in [0.15, 0.2) is 4.42 Å². The summed E-state index contributed by atoms with van der Waals surface area (Å²) >= 11 is 0. The molecule has 0 aliphatic rings. The van der Waals surface area contributed by atoms with E-state index in [1.807, 2.05) is 0 Å². The van der Waals surface area contributed by atoms with Crippen LogP contribution in [0.25, 0.3) is 0 Å². The summed E-state index contributed by atoms with van der Waals surface area (Å²) in [6.07, 6.45) is 0.507. The van der Waals surface area contributed by atoms with Crippen molar-refractivity contribution in [1.82, 2.24) is 10.2 Å². The molecule has 4 nitrogen and oxygen atoms in total. The van der Waals surface area contributed by atoms with Crippen LogP contribution in [0.3, 0.4) is 0 Å². The highest BCUT2D eigenvalue weighted by Gasteiger charge is 2.02. The van der Waals surface area contributed by atoms with Crippen LogP contribution in [0, 0.1) is 0 Å². The zero-order valence-corrected chi connectivity index (χ0v) is 5.38. The molecule has 0 radical (unpaired) electrons. The molecule has 0 aromatic carbocycles. The Morgan fingerprint density at radius 3 is 2.60 bits per heavy atom. The van der Waals surface area contributed by atoms with Gasteiger partial charge in [0, 0.05) is 13.0 Å². The number of aromatic nitrogens is 2. The quantitative estimate of drug-likeness (QED) is 0.652. The van der Waals surface area contributed by atoms with Crippen molar-refractivity contribution in [3.63, 3.8) is 0 Å². The lowest BCUT2D eigenvalue weighted by Crippen LogP contribution is -2.02. The van der Waals surface area contributed by atoms with Crippen molar-refractivity contribution in [1.29, 1.82) is 0 Å². The predicted molar refractivity (Wildman–Crippen MR) is 31.9 cm³/mol. The minimum atomic E-state index is -0.711. The van der Waals surface area contributed by atoms with E-state index in [2.05, 4.69) is 10.2 Å². The third-order valence-electron chi connectivity index (χ3n) is 0.981. The Hall–Kier alpha value is -0.970. The zero-order chi connectivity index (χ0) is 7.40. The van der Waals surface area contributed by atoms with Gasteiger partial charge in [-0.15, -0.1) is 10.2 Å². The van der Waals surface area contributed by atoms with Crippen LogP contribution in [-0.2, 0) is 13.1 Å². The van der Waals surface area contributed by atoms with Crippen LogP contribution >= 0.6 is 0 Å². The Morgan fingerprint density at radius 2 is 2.10 bits per heavy atom. The molecule has 5 heteroatoms. The maximum absolute atomic E-state index is 11.8. The van der Waals surface area contributed by atoms with Crippen LogP contribution < -0.4 is 5.73 Å². The minimum Gasteiger partial charge on any atom is -0.422 e. The predicted octanol–water partition coefficient (Wildman–Crippen LogP) is 0.0403. The second kappa shape index (κ2) is 3.26. The van der Waals surface area contributed by atoms with E-state index in [1.54, 1.807) is 0 Å². The summed E-state index contributed by atoms with van der Waals surface area (Å²) in [7, 11) is 0. The molecule has 56 valence electrons. The Morgan fingerprint density at radius 1 is 1.40 bits per heavy atom. The van der Waals surface area contributed by atoms with E-state index in [1.165, 1.54) is 0 Å². The zero-order valence-electron chi connectivity index (χ0n) is 5.38. The van der Waals surface area contributed by atoms with Gasteiger partial charge in [-0.2, -0.15) is 0 Å².